The number of halogens is 1. The van der Waals surface area contributed by atoms with Crippen LogP contribution >= 0.6 is 11.6 Å². The maximum absolute atomic E-state index is 12.9. The molecule has 0 bridgehead atoms. The molecule has 0 unspecified atom stereocenters. The zero-order chi connectivity index (χ0) is 19.7. The van der Waals surface area contributed by atoms with Crippen molar-refractivity contribution in [3.63, 3.8) is 0 Å². The lowest BCUT2D eigenvalue weighted by atomic mass is 9.93. The van der Waals surface area contributed by atoms with Crippen LogP contribution in [0.3, 0.4) is 0 Å². The highest BCUT2D eigenvalue weighted by Gasteiger charge is 2.51. The molecule has 1 aromatic carbocycles. The van der Waals surface area contributed by atoms with Crippen LogP contribution < -0.4 is 5.32 Å². The molecule has 2 fully saturated rings. The van der Waals surface area contributed by atoms with E-state index < -0.39 is 5.41 Å². The minimum atomic E-state index is -0.403. The Bertz CT molecular complexity index is 870. The summed E-state index contributed by atoms with van der Waals surface area (Å²) in [5.74, 6) is 0.709. The number of hydrogen-bond donors (Lipinski definition) is 1. The molecular formula is C22H25ClN2O3. The number of amides is 2. The summed E-state index contributed by atoms with van der Waals surface area (Å²) >= 11 is 5.97. The molecule has 1 aliphatic heterocycles. The quantitative estimate of drug-likeness (QED) is 0.826. The van der Waals surface area contributed by atoms with Crippen LogP contribution in [0.4, 0.5) is 0 Å². The maximum Gasteiger partial charge on any atom is 0.289 e. The normalized spacial score (nSPS) is 20.6. The summed E-state index contributed by atoms with van der Waals surface area (Å²) in [5, 5.41) is 3.82. The molecule has 2 aromatic rings. The van der Waals surface area contributed by atoms with E-state index in [1.54, 1.807) is 12.3 Å². The third kappa shape index (κ3) is 3.68. The average molecular weight is 401 g/mol. The highest BCUT2D eigenvalue weighted by Crippen LogP contribution is 2.48. The number of aryl methyl sites for hydroxylation is 1. The molecule has 148 valence electrons. The van der Waals surface area contributed by atoms with E-state index in [0.29, 0.717) is 23.9 Å². The van der Waals surface area contributed by atoms with Crippen LogP contribution in [0.25, 0.3) is 0 Å². The fourth-order valence-corrected chi connectivity index (χ4v) is 4.22. The molecule has 1 saturated heterocycles. The van der Waals surface area contributed by atoms with Crippen LogP contribution in [0.2, 0.25) is 5.02 Å². The second kappa shape index (κ2) is 7.63. The largest absolute Gasteiger partial charge is 0.459 e. The van der Waals surface area contributed by atoms with E-state index in [1.165, 1.54) is 0 Å². The summed E-state index contributed by atoms with van der Waals surface area (Å²) in [6, 6.07) is 9.38. The molecule has 1 aromatic heterocycles. The Kier molecular flexibility index (Phi) is 5.19. The second-order valence-electron chi connectivity index (χ2n) is 7.99. The first-order valence-electron chi connectivity index (χ1n) is 9.87. The number of rotatable bonds is 5. The van der Waals surface area contributed by atoms with Gasteiger partial charge in [-0.25, -0.2) is 0 Å². The van der Waals surface area contributed by atoms with Gasteiger partial charge in [0.25, 0.3) is 5.91 Å². The van der Waals surface area contributed by atoms with Gasteiger partial charge in [-0.15, -0.1) is 0 Å². The first-order chi connectivity index (χ1) is 13.5. The minimum Gasteiger partial charge on any atom is -0.459 e. The third-order valence-electron chi connectivity index (χ3n) is 6.00. The lowest BCUT2D eigenvalue weighted by molar-refractivity contribution is -0.123. The predicted molar refractivity (Wildman–Crippen MR) is 107 cm³/mol. The first-order valence-corrected chi connectivity index (χ1v) is 10.2. The molecular weight excluding hydrogens is 376 g/mol. The maximum atomic E-state index is 12.9. The molecule has 4 rings (SSSR count). The van der Waals surface area contributed by atoms with Gasteiger partial charge in [0.2, 0.25) is 5.91 Å². The number of hydrogen-bond acceptors (Lipinski definition) is 3. The van der Waals surface area contributed by atoms with Gasteiger partial charge < -0.3 is 14.6 Å². The monoisotopic (exact) mass is 400 g/mol. The van der Waals surface area contributed by atoms with Crippen molar-refractivity contribution in [3.8, 4) is 0 Å². The molecule has 0 radical (unpaired) electrons. The van der Waals surface area contributed by atoms with Gasteiger partial charge in [0, 0.05) is 30.2 Å². The standard InChI is InChI=1S/C22H25ClN2O3/c1-15-8-12-28-19(15)20(26)25-11-2-3-16(14-25)13-24-21(27)22(9-10-22)17-4-6-18(23)7-5-17/h4-8,12,16H,2-3,9-11,13-14H2,1H3,(H,24,27)/t16-/m1/s1. The number of piperidine rings is 1. The molecule has 28 heavy (non-hydrogen) atoms. The van der Waals surface area contributed by atoms with Crippen molar-refractivity contribution in [3.05, 3.63) is 58.5 Å². The van der Waals surface area contributed by atoms with E-state index >= 15 is 0 Å². The number of likely N-dealkylation sites (tertiary alicyclic amines) is 1. The predicted octanol–water partition coefficient (Wildman–Crippen LogP) is 3.94. The van der Waals surface area contributed by atoms with Crippen LogP contribution in [0, 0.1) is 12.8 Å². The van der Waals surface area contributed by atoms with Crippen LogP contribution in [0.1, 0.15) is 47.4 Å². The van der Waals surface area contributed by atoms with Gasteiger partial charge in [-0.1, -0.05) is 23.7 Å². The van der Waals surface area contributed by atoms with E-state index in [-0.39, 0.29) is 17.7 Å². The molecule has 5 nitrogen and oxygen atoms in total. The molecule has 1 aliphatic carbocycles. The van der Waals surface area contributed by atoms with Crippen molar-refractivity contribution in [1.82, 2.24) is 10.2 Å². The Hall–Kier alpha value is -2.27. The number of carbonyl (C=O) groups excluding carboxylic acids is 2. The third-order valence-corrected chi connectivity index (χ3v) is 6.25. The molecule has 0 spiro atoms. The Morgan fingerprint density at radius 1 is 1.25 bits per heavy atom. The molecule has 2 heterocycles. The van der Waals surface area contributed by atoms with E-state index in [1.807, 2.05) is 36.1 Å². The van der Waals surface area contributed by atoms with Crippen molar-refractivity contribution in [1.29, 1.82) is 0 Å². The number of carbonyl (C=O) groups is 2. The number of nitrogens with one attached hydrogen (secondary N) is 1. The summed E-state index contributed by atoms with van der Waals surface area (Å²) in [6.45, 7) is 3.85. The van der Waals surface area contributed by atoms with Crippen molar-refractivity contribution in [2.75, 3.05) is 19.6 Å². The van der Waals surface area contributed by atoms with Gasteiger partial charge in [-0.3, -0.25) is 9.59 Å². The minimum absolute atomic E-state index is 0.0571. The SMILES string of the molecule is Cc1ccoc1C(=O)N1CCC[C@H](CNC(=O)C2(c3ccc(Cl)cc3)CC2)C1. The number of benzene rings is 1. The second-order valence-corrected chi connectivity index (χ2v) is 8.43. The molecule has 1 saturated carbocycles. The van der Waals surface area contributed by atoms with Gasteiger partial charge >= 0.3 is 0 Å². The lowest BCUT2D eigenvalue weighted by Gasteiger charge is -2.32. The van der Waals surface area contributed by atoms with Gasteiger partial charge in [0.05, 0.1) is 11.7 Å². The summed E-state index contributed by atoms with van der Waals surface area (Å²) in [7, 11) is 0. The van der Waals surface area contributed by atoms with Crippen LogP contribution in [-0.4, -0.2) is 36.3 Å². The lowest BCUT2D eigenvalue weighted by Crippen LogP contribution is -2.45. The zero-order valence-corrected chi connectivity index (χ0v) is 16.8. The van der Waals surface area contributed by atoms with Gasteiger partial charge in [-0.2, -0.15) is 0 Å². The molecule has 2 amide bonds. The highest BCUT2D eigenvalue weighted by molar-refractivity contribution is 6.30. The van der Waals surface area contributed by atoms with Crippen LogP contribution in [0.15, 0.2) is 41.0 Å². The fourth-order valence-electron chi connectivity index (χ4n) is 4.10. The molecule has 1 N–H and O–H groups in total. The first kappa shape index (κ1) is 19.1. The van der Waals surface area contributed by atoms with Gasteiger partial charge in [0.15, 0.2) is 5.76 Å². The summed E-state index contributed by atoms with van der Waals surface area (Å²) in [4.78, 5) is 27.4. The van der Waals surface area contributed by atoms with Crippen molar-refractivity contribution in [2.45, 2.75) is 38.0 Å². The van der Waals surface area contributed by atoms with E-state index in [0.717, 1.165) is 43.4 Å². The van der Waals surface area contributed by atoms with Crippen molar-refractivity contribution < 1.29 is 14.0 Å². The summed E-state index contributed by atoms with van der Waals surface area (Å²) in [5.41, 5.74) is 1.49. The van der Waals surface area contributed by atoms with Crippen molar-refractivity contribution in [2.24, 2.45) is 5.92 Å². The molecule has 1 atom stereocenters. The molecule has 2 aliphatic rings. The number of furan rings is 1. The Morgan fingerprint density at radius 3 is 2.64 bits per heavy atom. The Balaban J connectivity index is 1.34. The van der Waals surface area contributed by atoms with E-state index in [2.05, 4.69) is 5.32 Å². The van der Waals surface area contributed by atoms with Gasteiger partial charge in [0.1, 0.15) is 0 Å². The zero-order valence-electron chi connectivity index (χ0n) is 16.0. The van der Waals surface area contributed by atoms with Crippen LogP contribution in [-0.2, 0) is 10.2 Å². The topological polar surface area (TPSA) is 62.6 Å². The van der Waals surface area contributed by atoms with E-state index in [9.17, 15) is 9.59 Å². The Morgan fingerprint density at radius 2 is 2.00 bits per heavy atom. The fraction of sp³-hybridized carbons (Fsp3) is 0.455. The Labute approximate surface area is 170 Å². The van der Waals surface area contributed by atoms with Gasteiger partial charge in [-0.05, 0) is 62.3 Å². The average Bonchev–Trinajstić information content (AvgIpc) is 3.41. The molecule has 6 heteroatoms. The van der Waals surface area contributed by atoms with Crippen LogP contribution in [0.5, 0.6) is 0 Å². The van der Waals surface area contributed by atoms with E-state index in [4.69, 9.17) is 16.0 Å². The highest BCUT2D eigenvalue weighted by atomic mass is 35.5. The summed E-state index contributed by atoms with van der Waals surface area (Å²) in [6.07, 6.45) is 5.24. The van der Waals surface area contributed by atoms with Crippen molar-refractivity contribution >= 4 is 23.4 Å². The number of nitrogens with zero attached hydrogens (tertiary/aromatic N) is 1. The smallest absolute Gasteiger partial charge is 0.289 e. The summed E-state index contributed by atoms with van der Waals surface area (Å²) < 4.78 is 5.35.